The van der Waals surface area contributed by atoms with Crippen LogP contribution in [0, 0.1) is 13.8 Å². The Balaban J connectivity index is 1.69. The Bertz CT molecular complexity index is 816. The molecule has 7 heteroatoms. The second-order valence-electron chi connectivity index (χ2n) is 6.39. The summed E-state index contributed by atoms with van der Waals surface area (Å²) in [6.45, 7) is 5.50. The van der Waals surface area contributed by atoms with E-state index in [9.17, 15) is 8.42 Å². The van der Waals surface area contributed by atoms with Crippen molar-refractivity contribution >= 4 is 10.0 Å². The summed E-state index contributed by atoms with van der Waals surface area (Å²) in [6.07, 6.45) is 2.26. The number of hydrogen-bond acceptors (Lipinski definition) is 5. The van der Waals surface area contributed by atoms with Crippen molar-refractivity contribution in [2.75, 3.05) is 20.1 Å². The number of likely N-dealkylation sites (N-methyl/N-ethyl adjacent to an activating group) is 1. The fourth-order valence-corrected chi connectivity index (χ4v) is 4.66. The number of sulfonamides is 1. The molecule has 0 amide bonds. The zero-order valence-corrected chi connectivity index (χ0v) is 15.1. The van der Waals surface area contributed by atoms with Crippen LogP contribution in [-0.4, -0.2) is 48.8 Å². The Morgan fingerprint density at radius 1 is 1.38 bits per heavy atom. The summed E-state index contributed by atoms with van der Waals surface area (Å²) in [5, 5.41) is 0. The fraction of sp³-hybridized carbons (Fsp3) is 0.471. The monoisotopic (exact) mass is 349 g/mol. The van der Waals surface area contributed by atoms with E-state index >= 15 is 0 Å². The third-order valence-corrected chi connectivity index (χ3v) is 6.48. The maximum Gasteiger partial charge on any atom is 0.243 e. The molecular formula is C17H23N3O3S. The zero-order valence-electron chi connectivity index (χ0n) is 14.3. The van der Waals surface area contributed by atoms with Gasteiger partial charge in [-0.25, -0.2) is 13.4 Å². The number of rotatable bonds is 5. The highest BCUT2D eigenvalue weighted by molar-refractivity contribution is 7.89. The van der Waals surface area contributed by atoms with Crippen molar-refractivity contribution in [3.63, 3.8) is 0 Å². The normalized spacial score (nSPS) is 19.2. The second kappa shape index (κ2) is 6.66. The van der Waals surface area contributed by atoms with Crippen LogP contribution >= 0.6 is 0 Å². The molecule has 0 N–H and O–H groups in total. The highest BCUT2D eigenvalue weighted by Crippen LogP contribution is 2.24. The van der Waals surface area contributed by atoms with Crippen LogP contribution in [0.4, 0.5) is 0 Å². The number of oxazole rings is 1. The van der Waals surface area contributed by atoms with Gasteiger partial charge < -0.3 is 4.42 Å². The van der Waals surface area contributed by atoms with Gasteiger partial charge in [-0.05, 0) is 45.0 Å². The molecular weight excluding hydrogens is 326 g/mol. The molecule has 1 aromatic carbocycles. The van der Waals surface area contributed by atoms with Crippen LogP contribution in [0.3, 0.4) is 0 Å². The Hall–Kier alpha value is -1.70. The summed E-state index contributed by atoms with van der Waals surface area (Å²) in [6, 6.07) is 7.26. The number of hydrogen-bond donors (Lipinski definition) is 0. The first-order valence-electron chi connectivity index (χ1n) is 8.04. The van der Waals surface area contributed by atoms with Crippen LogP contribution in [0.5, 0.6) is 0 Å². The van der Waals surface area contributed by atoms with E-state index in [1.165, 1.54) is 6.39 Å². The predicted molar refractivity (Wildman–Crippen MR) is 91.0 cm³/mol. The van der Waals surface area contributed by atoms with E-state index in [1.54, 1.807) is 22.5 Å². The largest absolute Gasteiger partial charge is 0.448 e. The molecule has 0 spiro atoms. The van der Waals surface area contributed by atoms with Gasteiger partial charge in [-0.3, -0.25) is 4.90 Å². The Kier molecular flexibility index (Phi) is 4.76. The van der Waals surface area contributed by atoms with Crippen LogP contribution in [0.2, 0.25) is 0 Å². The van der Waals surface area contributed by atoms with Crippen molar-refractivity contribution in [2.45, 2.75) is 37.8 Å². The van der Waals surface area contributed by atoms with E-state index in [-0.39, 0.29) is 6.04 Å². The van der Waals surface area contributed by atoms with Gasteiger partial charge in [-0.15, -0.1) is 0 Å². The third kappa shape index (κ3) is 3.38. The first-order valence-corrected chi connectivity index (χ1v) is 9.48. The maximum absolute atomic E-state index is 12.8. The highest BCUT2D eigenvalue weighted by Gasteiger charge is 2.34. The smallest absolute Gasteiger partial charge is 0.243 e. The number of nitrogens with zero attached hydrogens (tertiary/aromatic N) is 3. The number of aromatic nitrogens is 1. The molecule has 1 saturated heterocycles. The Labute approximate surface area is 143 Å². The van der Waals surface area contributed by atoms with Crippen molar-refractivity contribution in [1.82, 2.24) is 14.2 Å². The Morgan fingerprint density at radius 3 is 2.83 bits per heavy atom. The quantitative estimate of drug-likeness (QED) is 0.828. The molecule has 0 radical (unpaired) electrons. The first kappa shape index (κ1) is 17.1. The summed E-state index contributed by atoms with van der Waals surface area (Å²) in [4.78, 5) is 6.73. The van der Waals surface area contributed by atoms with Gasteiger partial charge in [0.25, 0.3) is 0 Å². The van der Waals surface area contributed by atoms with Gasteiger partial charge in [0.1, 0.15) is 5.76 Å². The zero-order chi connectivity index (χ0) is 17.3. The van der Waals surface area contributed by atoms with E-state index in [0.717, 1.165) is 23.4 Å². The van der Waals surface area contributed by atoms with E-state index in [1.807, 2.05) is 27.0 Å². The van der Waals surface area contributed by atoms with Gasteiger partial charge in [0.15, 0.2) is 6.39 Å². The molecule has 130 valence electrons. The Morgan fingerprint density at radius 2 is 2.17 bits per heavy atom. The molecule has 1 atom stereocenters. The van der Waals surface area contributed by atoms with Crippen molar-refractivity contribution < 1.29 is 12.8 Å². The summed E-state index contributed by atoms with van der Waals surface area (Å²) >= 11 is 0. The lowest BCUT2D eigenvalue weighted by Crippen LogP contribution is -2.36. The molecule has 1 unspecified atom stereocenters. The minimum Gasteiger partial charge on any atom is -0.448 e. The average molecular weight is 349 g/mol. The number of benzene rings is 1. The molecule has 1 aliphatic heterocycles. The van der Waals surface area contributed by atoms with E-state index in [4.69, 9.17) is 4.42 Å². The lowest BCUT2D eigenvalue weighted by atomic mass is 10.2. The van der Waals surface area contributed by atoms with Gasteiger partial charge in [-0.2, -0.15) is 4.31 Å². The highest BCUT2D eigenvalue weighted by atomic mass is 32.2. The molecule has 0 bridgehead atoms. The third-order valence-electron chi connectivity index (χ3n) is 4.62. The lowest BCUT2D eigenvalue weighted by Gasteiger charge is -2.24. The molecule has 1 aromatic heterocycles. The summed E-state index contributed by atoms with van der Waals surface area (Å²) in [5.41, 5.74) is 1.85. The van der Waals surface area contributed by atoms with Crippen molar-refractivity contribution in [3.8, 4) is 0 Å². The fourth-order valence-electron chi connectivity index (χ4n) is 3.06. The van der Waals surface area contributed by atoms with E-state index < -0.39 is 10.0 Å². The molecule has 6 nitrogen and oxygen atoms in total. The topological polar surface area (TPSA) is 66.7 Å². The van der Waals surface area contributed by atoms with Crippen molar-refractivity contribution in [1.29, 1.82) is 0 Å². The molecule has 1 fully saturated rings. The van der Waals surface area contributed by atoms with Crippen LogP contribution in [0.1, 0.15) is 23.4 Å². The van der Waals surface area contributed by atoms with Crippen LogP contribution < -0.4 is 0 Å². The van der Waals surface area contributed by atoms with Gasteiger partial charge in [0.05, 0.1) is 10.6 Å². The summed E-state index contributed by atoms with van der Waals surface area (Å²) in [7, 11) is -1.42. The molecule has 2 heterocycles. The van der Waals surface area contributed by atoms with Crippen molar-refractivity contribution in [2.24, 2.45) is 0 Å². The van der Waals surface area contributed by atoms with Gasteiger partial charge in [0, 0.05) is 25.7 Å². The van der Waals surface area contributed by atoms with Gasteiger partial charge in [-0.1, -0.05) is 12.1 Å². The predicted octanol–water partition coefficient (Wildman–Crippen LogP) is 2.19. The first-order chi connectivity index (χ1) is 11.4. The lowest BCUT2D eigenvalue weighted by molar-refractivity contribution is 0.238. The van der Waals surface area contributed by atoms with Gasteiger partial charge in [0.2, 0.25) is 10.0 Å². The van der Waals surface area contributed by atoms with Crippen LogP contribution in [0.25, 0.3) is 0 Å². The SMILES string of the molecule is Cc1cccc(S(=O)(=O)N2CCC(N(C)Cc3ncoc3C)C2)c1. The standard InChI is InChI=1S/C17H23N3O3S/c1-13-5-4-6-16(9-13)24(21,22)20-8-7-15(10-20)19(3)11-17-14(2)23-12-18-17/h4-6,9,12,15H,7-8,10-11H2,1-3H3. The summed E-state index contributed by atoms with van der Waals surface area (Å²) in [5.74, 6) is 0.809. The maximum atomic E-state index is 12.8. The van der Waals surface area contributed by atoms with Gasteiger partial charge >= 0.3 is 0 Å². The minimum absolute atomic E-state index is 0.181. The number of aryl methyl sites for hydroxylation is 2. The molecule has 3 rings (SSSR count). The van der Waals surface area contributed by atoms with E-state index in [2.05, 4.69) is 9.88 Å². The summed E-state index contributed by atoms with van der Waals surface area (Å²) < 4.78 is 32.4. The van der Waals surface area contributed by atoms with E-state index in [0.29, 0.717) is 24.5 Å². The molecule has 0 aliphatic carbocycles. The van der Waals surface area contributed by atoms with Crippen molar-refractivity contribution in [3.05, 3.63) is 47.7 Å². The second-order valence-corrected chi connectivity index (χ2v) is 8.33. The average Bonchev–Trinajstić information content (AvgIpc) is 3.17. The molecule has 1 aliphatic rings. The van der Waals surface area contributed by atoms with Crippen LogP contribution in [0.15, 0.2) is 40.0 Å². The molecule has 2 aromatic rings. The molecule has 24 heavy (non-hydrogen) atoms. The minimum atomic E-state index is -3.43. The van der Waals surface area contributed by atoms with Crippen LogP contribution in [-0.2, 0) is 16.6 Å². The molecule has 0 saturated carbocycles.